The van der Waals surface area contributed by atoms with Crippen molar-refractivity contribution in [3.63, 3.8) is 0 Å². The largest absolute Gasteiger partial charge is 0.481 e. The highest BCUT2D eigenvalue weighted by atomic mass is 35.5. The molecule has 6 N–H and O–H groups in total. The number of nitrogens with one attached hydrogen (secondary N) is 3. The summed E-state index contributed by atoms with van der Waals surface area (Å²) < 4.78 is 5.71. The Balaban J connectivity index is 1.59. The molecule has 4 rings (SSSR count). The molecular formula is C29H25ClN4O4. The van der Waals surface area contributed by atoms with E-state index in [2.05, 4.69) is 10.6 Å². The van der Waals surface area contributed by atoms with E-state index in [0.29, 0.717) is 38.8 Å². The number of hydrogen-bond donors (Lipinski definition) is 5. The van der Waals surface area contributed by atoms with Gasteiger partial charge in [-0.25, -0.2) is 4.79 Å². The summed E-state index contributed by atoms with van der Waals surface area (Å²) in [5.41, 5.74) is 9.79. The van der Waals surface area contributed by atoms with E-state index in [1.54, 1.807) is 42.5 Å². The molecule has 0 saturated heterocycles. The SMILES string of the molecule is N=C(N)c1ccc(NC(=O)c2cc(Cl)ccc2NCc2cccc(-c3ccccc3)c2OCC(=O)O)cc1. The number of benzene rings is 4. The van der Waals surface area contributed by atoms with Gasteiger partial charge in [-0.2, -0.15) is 0 Å². The van der Waals surface area contributed by atoms with Crippen LogP contribution in [0.1, 0.15) is 21.5 Å². The average Bonchev–Trinajstić information content (AvgIpc) is 2.92. The minimum atomic E-state index is -1.08. The zero-order valence-corrected chi connectivity index (χ0v) is 21.0. The van der Waals surface area contributed by atoms with E-state index in [9.17, 15) is 14.7 Å². The number of nitrogens with two attached hydrogens (primary N) is 1. The average molecular weight is 529 g/mol. The van der Waals surface area contributed by atoms with Gasteiger partial charge in [-0.1, -0.05) is 60.1 Å². The highest BCUT2D eigenvalue weighted by Gasteiger charge is 2.16. The first-order valence-corrected chi connectivity index (χ1v) is 12.0. The second-order valence-electron chi connectivity index (χ2n) is 8.33. The molecule has 9 heteroatoms. The Morgan fingerprint density at radius 2 is 1.68 bits per heavy atom. The van der Waals surface area contributed by atoms with Gasteiger partial charge in [0.2, 0.25) is 0 Å². The maximum atomic E-state index is 13.1. The smallest absolute Gasteiger partial charge is 0.341 e. The minimum absolute atomic E-state index is 0.0627. The molecule has 4 aromatic rings. The van der Waals surface area contributed by atoms with Crippen LogP contribution in [0.5, 0.6) is 5.75 Å². The van der Waals surface area contributed by atoms with Crippen molar-refractivity contribution < 1.29 is 19.4 Å². The number of amidine groups is 1. The number of rotatable bonds is 10. The van der Waals surface area contributed by atoms with Gasteiger partial charge in [0.05, 0.1) is 5.56 Å². The van der Waals surface area contributed by atoms with E-state index in [1.807, 2.05) is 48.5 Å². The number of carboxylic acids is 1. The van der Waals surface area contributed by atoms with Crippen LogP contribution in [0.4, 0.5) is 11.4 Å². The molecule has 0 atom stereocenters. The van der Waals surface area contributed by atoms with Crippen molar-refractivity contribution in [3.8, 4) is 16.9 Å². The molecule has 0 radical (unpaired) electrons. The van der Waals surface area contributed by atoms with Crippen molar-refractivity contribution >= 4 is 40.7 Å². The van der Waals surface area contributed by atoms with Crippen molar-refractivity contribution in [2.24, 2.45) is 5.73 Å². The first kappa shape index (κ1) is 26.2. The quantitative estimate of drug-likeness (QED) is 0.134. The van der Waals surface area contributed by atoms with Crippen LogP contribution in [0.2, 0.25) is 5.02 Å². The van der Waals surface area contributed by atoms with Crippen LogP contribution < -0.4 is 21.1 Å². The molecular weight excluding hydrogens is 504 g/mol. The van der Waals surface area contributed by atoms with Crippen LogP contribution in [0.15, 0.2) is 91.0 Å². The summed E-state index contributed by atoms with van der Waals surface area (Å²) in [6.07, 6.45) is 0. The Labute approximate surface area is 224 Å². The van der Waals surface area contributed by atoms with Crippen molar-refractivity contribution in [3.05, 3.63) is 113 Å². The lowest BCUT2D eigenvalue weighted by atomic mass is 10.0. The highest BCUT2D eigenvalue weighted by Crippen LogP contribution is 2.34. The normalized spacial score (nSPS) is 10.4. The lowest BCUT2D eigenvalue weighted by Crippen LogP contribution is -2.16. The van der Waals surface area contributed by atoms with Crippen LogP contribution in [-0.2, 0) is 11.3 Å². The third-order valence-electron chi connectivity index (χ3n) is 5.67. The Hall–Kier alpha value is -4.82. The van der Waals surface area contributed by atoms with Gasteiger partial charge in [-0.3, -0.25) is 10.2 Å². The first-order chi connectivity index (χ1) is 18.3. The number of ether oxygens (including phenoxy) is 1. The molecule has 0 saturated carbocycles. The number of carbonyl (C=O) groups excluding carboxylic acids is 1. The molecule has 0 aliphatic rings. The first-order valence-electron chi connectivity index (χ1n) is 11.6. The fraction of sp³-hybridized carbons (Fsp3) is 0.0690. The molecule has 0 bridgehead atoms. The molecule has 0 aliphatic heterocycles. The third-order valence-corrected chi connectivity index (χ3v) is 5.91. The third kappa shape index (κ3) is 6.48. The number of nitrogen functional groups attached to an aromatic ring is 1. The Bertz CT molecular complexity index is 1470. The lowest BCUT2D eigenvalue weighted by molar-refractivity contribution is -0.139. The molecule has 192 valence electrons. The summed E-state index contributed by atoms with van der Waals surface area (Å²) in [4.78, 5) is 24.4. The lowest BCUT2D eigenvalue weighted by Gasteiger charge is -2.17. The summed E-state index contributed by atoms with van der Waals surface area (Å²) in [6, 6.07) is 26.7. The van der Waals surface area contributed by atoms with Gasteiger partial charge in [0.15, 0.2) is 6.61 Å². The Morgan fingerprint density at radius 1 is 0.947 bits per heavy atom. The summed E-state index contributed by atoms with van der Waals surface area (Å²) in [5, 5.41) is 23.2. The predicted octanol–water partition coefficient (Wildman–Crippen LogP) is 5.62. The van der Waals surface area contributed by atoms with Gasteiger partial charge >= 0.3 is 5.97 Å². The van der Waals surface area contributed by atoms with Gasteiger partial charge < -0.3 is 26.2 Å². The Kier molecular flexibility index (Phi) is 8.25. The van der Waals surface area contributed by atoms with Gasteiger partial charge in [-0.05, 0) is 48.0 Å². The predicted molar refractivity (Wildman–Crippen MR) is 149 cm³/mol. The van der Waals surface area contributed by atoms with Gasteiger partial charge in [0.25, 0.3) is 5.91 Å². The van der Waals surface area contributed by atoms with Gasteiger partial charge in [0, 0.05) is 39.6 Å². The summed E-state index contributed by atoms with van der Waals surface area (Å²) in [5.74, 6) is -1.09. The van der Waals surface area contributed by atoms with Crippen LogP contribution in [0.25, 0.3) is 11.1 Å². The molecule has 1 amide bonds. The van der Waals surface area contributed by atoms with Crippen molar-refractivity contribution in [1.29, 1.82) is 5.41 Å². The van der Waals surface area contributed by atoms with Crippen LogP contribution in [0.3, 0.4) is 0 Å². The Morgan fingerprint density at radius 3 is 2.37 bits per heavy atom. The number of para-hydroxylation sites is 1. The standard InChI is InChI=1S/C29H25ClN4O4/c30-21-11-14-25(24(15-21)29(37)34-22-12-9-19(10-13-22)28(31)32)33-16-20-7-4-8-23(18-5-2-1-3-6-18)27(20)38-17-26(35)36/h1-15,33H,16-17H2,(H3,31,32)(H,34,37)(H,35,36). The fourth-order valence-electron chi connectivity index (χ4n) is 3.85. The van der Waals surface area contributed by atoms with Gasteiger partial charge in [-0.15, -0.1) is 0 Å². The number of aliphatic carboxylic acids is 1. The summed E-state index contributed by atoms with van der Waals surface area (Å²) >= 11 is 6.20. The highest BCUT2D eigenvalue weighted by molar-refractivity contribution is 6.31. The zero-order chi connectivity index (χ0) is 27.1. The maximum Gasteiger partial charge on any atom is 0.341 e. The fourth-order valence-corrected chi connectivity index (χ4v) is 4.03. The molecule has 0 aliphatic carbocycles. The molecule has 38 heavy (non-hydrogen) atoms. The van der Waals surface area contributed by atoms with E-state index < -0.39 is 12.6 Å². The molecule has 0 unspecified atom stereocenters. The maximum absolute atomic E-state index is 13.1. The van der Waals surface area contributed by atoms with E-state index >= 15 is 0 Å². The van der Waals surface area contributed by atoms with Crippen LogP contribution >= 0.6 is 11.6 Å². The minimum Gasteiger partial charge on any atom is -0.481 e. The van der Waals surface area contributed by atoms with E-state index in [1.165, 1.54) is 0 Å². The van der Waals surface area contributed by atoms with Crippen molar-refractivity contribution in [2.75, 3.05) is 17.2 Å². The van der Waals surface area contributed by atoms with Crippen molar-refractivity contribution in [2.45, 2.75) is 6.54 Å². The van der Waals surface area contributed by atoms with E-state index in [0.717, 1.165) is 11.1 Å². The molecule has 0 spiro atoms. The molecule has 0 aromatic heterocycles. The summed E-state index contributed by atoms with van der Waals surface area (Å²) in [6.45, 7) is -0.237. The monoisotopic (exact) mass is 528 g/mol. The van der Waals surface area contributed by atoms with Crippen molar-refractivity contribution in [1.82, 2.24) is 0 Å². The molecule has 8 nitrogen and oxygen atoms in total. The number of carboxylic acid groups (broad SMARTS) is 1. The zero-order valence-electron chi connectivity index (χ0n) is 20.2. The van der Waals surface area contributed by atoms with E-state index in [-0.39, 0.29) is 18.3 Å². The topological polar surface area (TPSA) is 138 Å². The molecule has 4 aromatic carbocycles. The molecule has 0 heterocycles. The van der Waals surface area contributed by atoms with Crippen LogP contribution in [0, 0.1) is 5.41 Å². The van der Waals surface area contributed by atoms with Crippen LogP contribution in [-0.4, -0.2) is 29.4 Å². The molecule has 0 fully saturated rings. The second-order valence-corrected chi connectivity index (χ2v) is 8.77. The number of amides is 1. The van der Waals surface area contributed by atoms with Gasteiger partial charge in [0.1, 0.15) is 11.6 Å². The number of anilines is 2. The summed E-state index contributed by atoms with van der Waals surface area (Å²) in [7, 11) is 0. The number of carbonyl (C=O) groups is 2. The number of hydrogen-bond acceptors (Lipinski definition) is 5. The second kappa shape index (κ2) is 11.9. The van der Waals surface area contributed by atoms with E-state index in [4.69, 9.17) is 27.5 Å². The number of halogens is 1.